The molecule has 2 aromatic rings. The van der Waals surface area contributed by atoms with Gasteiger partial charge in [-0.05, 0) is 36.6 Å². The average Bonchev–Trinajstić information content (AvgIpc) is 2.64. The van der Waals surface area contributed by atoms with E-state index in [0.29, 0.717) is 10.0 Å². The van der Waals surface area contributed by atoms with Crippen LogP contribution in [0.5, 0.6) is 0 Å². The highest BCUT2D eigenvalue weighted by molar-refractivity contribution is 9.10. The minimum Gasteiger partial charge on any atom is -0.481 e. The van der Waals surface area contributed by atoms with Crippen LogP contribution >= 0.6 is 15.9 Å². The SMILES string of the molecule is CC(CCC(F)(F)CCOCc1ccccc1)(C(=O)O)c1cccc(Br)c1. The van der Waals surface area contributed by atoms with Gasteiger partial charge in [0.25, 0.3) is 0 Å². The molecule has 0 spiro atoms. The zero-order chi connectivity index (χ0) is 19.9. The monoisotopic (exact) mass is 440 g/mol. The first-order valence-electron chi connectivity index (χ1n) is 8.72. The number of carboxylic acids is 1. The molecule has 0 aliphatic heterocycles. The van der Waals surface area contributed by atoms with Crippen LogP contribution in [-0.2, 0) is 21.6 Å². The van der Waals surface area contributed by atoms with Gasteiger partial charge in [-0.3, -0.25) is 4.79 Å². The lowest BCUT2D eigenvalue weighted by molar-refractivity contribution is -0.144. The second kappa shape index (κ2) is 9.42. The second-order valence-corrected chi connectivity index (χ2v) is 7.71. The Morgan fingerprint density at radius 2 is 1.78 bits per heavy atom. The molecule has 1 atom stereocenters. The normalized spacial score (nSPS) is 13.9. The Morgan fingerprint density at radius 1 is 1.07 bits per heavy atom. The first kappa shape index (κ1) is 21.5. The number of halogens is 3. The van der Waals surface area contributed by atoms with E-state index in [1.807, 2.05) is 30.3 Å². The summed E-state index contributed by atoms with van der Waals surface area (Å²) < 4.78 is 34.6. The Labute approximate surface area is 166 Å². The van der Waals surface area contributed by atoms with Crippen molar-refractivity contribution in [2.45, 2.75) is 44.1 Å². The Morgan fingerprint density at radius 3 is 2.41 bits per heavy atom. The largest absolute Gasteiger partial charge is 0.481 e. The molecule has 0 aliphatic rings. The van der Waals surface area contributed by atoms with E-state index in [1.165, 1.54) is 6.92 Å². The molecule has 146 valence electrons. The number of rotatable bonds is 10. The number of ether oxygens (including phenoxy) is 1. The topological polar surface area (TPSA) is 46.5 Å². The van der Waals surface area contributed by atoms with Crippen LogP contribution in [0.1, 0.15) is 37.3 Å². The Bertz CT molecular complexity index is 752. The van der Waals surface area contributed by atoms with Crippen LogP contribution in [0.25, 0.3) is 0 Å². The van der Waals surface area contributed by atoms with Crippen molar-refractivity contribution in [1.29, 1.82) is 0 Å². The van der Waals surface area contributed by atoms with Crippen LogP contribution in [0, 0.1) is 0 Å². The van der Waals surface area contributed by atoms with Gasteiger partial charge in [0.1, 0.15) is 0 Å². The van der Waals surface area contributed by atoms with Crippen molar-refractivity contribution in [3.63, 3.8) is 0 Å². The molecule has 2 rings (SSSR count). The lowest BCUT2D eigenvalue weighted by Gasteiger charge is -2.28. The predicted octanol–water partition coefficient (Wildman–Crippen LogP) is 5.81. The third-order valence-corrected chi connectivity index (χ3v) is 5.14. The lowest BCUT2D eigenvalue weighted by atomic mass is 9.77. The highest BCUT2D eigenvalue weighted by Gasteiger charge is 2.39. The zero-order valence-electron chi connectivity index (χ0n) is 15.1. The summed E-state index contributed by atoms with van der Waals surface area (Å²) >= 11 is 3.30. The van der Waals surface area contributed by atoms with Crippen molar-refractivity contribution in [2.75, 3.05) is 6.61 Å². The quantitative estimate of drug-likeness (QED) is 0.473. The molecule has 3 nitrogen and oxygen atoms in total. The van der Waals surface area contributed by atoms with Crippen molar-refractivity contribution in [2.24, 2.45) is 0 Å². The fraction of sp³-hybridized carbons (Fsp3) is 0.381. The van der Waals surface area contributed by atoms with E-state index in [1.54, 1.807) is 24.3 Å². The maximum Gasteiger partial charge on any atom is 0.313 e. The molecule has 0 bridgehead atoms. The standard InChI is InChI=1S/C21H23BrF2O3/c1-20(19(25)26,17-8-5-9-18(22)14-17)10-11-21(23,24)12-13-27-15-16-6-3-2-4-7-16/h2-9,14H,10-13,15H2,1H3,(H,25,26). The molecule has 1 unspecified atom stereocenters. The van der Waals surface area contributed by atoms with Gasteiger partial charge in [0.15, 0.2) is 0 Å². The predicted molar refractivity (Wildman–Crippen MR) is 104 cm³/mol. The summed E-state index contributed by atoms with van der Waals surface area (Å²) in [6.45, 7) is 1.68. The molecule has 0 heterocycles. The van der Waals surface area contributed by atoms with Crippen molar-refractivity contribution >= 4 is 21.9 Å². The van der Waals surface area contributed by atoms with Gasteiger partial charge < -0.3 is 9.84 Å². The summed E-state index contributed by atoms with van der Waals surface area (Å²) in [7, 11) is 0. The minimum atomic E-state index is -2.99. The number of carboxylic acid groups (broad SMARTS) is 1. The van der Waals surface area contributed by atoms with E-state index >= 15 is 0 Å². The Kier molecular flexibility index (Phi) is 7.50. The van der Waals surface area contributed by atoms with Gasteiger partial charge >= 0.3 is 5.97 Å². The molecular formula is C21H23BrF2O3. The van der Waals surface area contributed by atoms with E-state index in [-0.39, 0.29) is 19.6 Å². The number of carbonyl (C=O) groups is 1. The van der Waals surface area contributed by atoms with Gasteiger partial charge in [-0.25, -0.2) is 8.78 Å². The van der Waals surface area contributed by atoms with Crippen LogP contribution in [0.3, 0.4) is 0 Å². The second-order valence-electron chi connectivity index (χ2n) is 6.79. The van der Waals surface area contributed by atoms with Crippen LogP contribution in [0.2, 0.25) is 0 Å². The molecule has 0 saturated heterocycles. The van der Waals surface area contributed by atoms with Crippen LogP contribution < -0.4 is 0 Å². The lowest BCUT2D eigenvalue weighted by Crippen LogP contribution is -2.34. The summed E-state index contributed by atoms with van der Waals surface area (Å²) in [6.07, 6.45) is -1.12. The van der Waals surface area contributed by atoms with Gasteiger partial charge in [-0.1, -0.05) is 58.4 Å². The molecule has 0 aliphatic carbocycles. The molecule has 1 N–H and O–H groups in total. The van der Waals surface area contributed by atoms with Crippen LogP contribution in [0.15, 0.2) is 59.1 Å². The zero-order valence-corrected chi connectivity index (χ0v) is 16.7. The molecule has 27 heavy (non-hydrogen) atoms. The summed E-state index contributed by atoms with van der Waals surface area (Å²) in [5.74, 6) is -4.10. The third-order valence-electron chi connectivity index (χ3n) is 4.65. The number of aliphatic carboxylic acids is 1. The maximum atomic E-state index is 14.3. The van der Waals surface area contributed by atoms with Crippen LogP contribution in [-0.4, -0.2) is 23.6 Å². The molecule has 0 aromatic heterocycles. The fourth-order valence-corrected chi connectivity index (χ4v) is 3.15. The fourth-order valence-electron chi connectivity index (χ4n) is 2.75. The molecule has 2 aromatic carbocycles. The summed E-state index contributed by atoms with van der Waals surface area (Å²) in [5.41, 5.74) is 0.0485. The van der Waals surface area contributed by atoms with Crippen LogP contribution in [0.4, 0.5) is 8.78 Å². The first-order valence-corrected chi connectivity index (χ1v) is 9.51. The molecule has 0 amide bonds. The Balaban J connectivity index is 1.90. The van der Waals surface area contributed by atoms with E-state index in [0.717, 1.165) is 5.56 Å². The number of benzene rings is 2. The van der Waals surface area contributed by atoms with Crippen molar-refractivity contribution in [3.05, 3.63) is 70.2 Å². The van der Waals surface area contributed by atoms with Crippen molar-refractivity contribution in [1.82, 2.24) is 0 Å². The summed E-state index contributed by atoms with van der Waals surface area (Å²) in [5, 5.41) is 9.63. The summed E-state index contributed by atoms with van der Waals surface area (Å²) in [6, 6.07) is 16.1. The molecule has 0 saturated carbocycles. The van der Waals surface area contributed by atoms with Gasteiger partial charge in [-0.2, -0.15) is 0 Å². The molecule has 0 radical (unpaired) electrons. The van der Waals surface area contributed by atoms with Crippen molar-refractivity contribution in [3.8, 4) is 0 Å². The number of hydrogen-bond acceptors (Lipinski definition) is 2. The van der Waals surface area contributed by atoms with Gasteiger partial charge in [-0.15, -0.1) is 0 Å². The van der Waals surface area contributed by atoms with E-state index < -0.39 is 30.1 Å². The van der Waals surface area contributed by atoms with Gasteiger partial charge in [0.05, 0.1) is 18.6 Å². The summed E-state index contributed by atoms with van der Waals surface area (Å²) in [4.78, 5) is 11.8. The maximum absolute atomic E-state index is 14.3. The highest BCUT2D eigenvalue weighted by Crippen LogP contribution is 2.36. The number of alkyl halides is 2. The molecule has 0 fully saturated rings. The highest BCUT2D eigenvalue weighted by atomic mass is 79.9. The van der Waals surface area contributed by atoms with E-state index in [4.69, 9.17) is 4.74 Å². The smallest absolute Gasteiger partial charge is 0.313 e. The van der Waals surface area contributed by atoms with Crippen molar-refractivity contribution < 1.29 is 23.4 Å². The molecule has 6 heteroatoms. The average molecular weight is 441 g/mol. The third kappa shape index (κ3) is 6.40. The van der Waals surface area contributed by atoms with E-state index in [9.17, 15) is 18.7 Å². The van der Waals surface area contributed by atoms with Gasteiger partial charge in [0, 0.05) is 17.3 Å². The first-order chi connectivity index (χ1) is 12.7. The molecular weight excluding hydrogens is 418 g/mol. The minimum absolute atomic E-state index is 0.0808. The Hall–Kier alpha value is -1.79. The van der Waals surface area contributed by atoms with Gasteiger partial charge in [0.2, 0.25) is 5.92 Å². The van der Waals surface area contributed by atoms with E-state index in [2.05, 4.69) is 15.9 Å². The number of hydrogen-bond donors (Lipinski definition) is 1.